The van der Waals surface area contributed by atoms with Gasteiger partial charge in [-0.3, -0.25) is 10.1 Å². The third kappa shape index (κ3) is 3.62. The van der Waals surface area contributed by atoms with Crippen LogP contribution in [0.5, 0.6) is 5.75 Å². The highest BCUT2D eigenvalue weighted by molar-refractivity contribution is 7.99. The fourth-order valence-electron chi connectivity index (χ4n) is 2.23. The van der Waals surface area contributed by atoms with Crippen LogP contribution < -0.4 is 4.74 Å². The summed E-state index contributed by atoms with van der Waals surface area (Å²) in [5.41, 5.74) is 2.56. The Hall–Kier alpha value is -2.67. The van der Waals surface area contributed by atoms with Gasteiger partial charge < -0.3 is 4.74 Å². The van der Waals surface area contributed by atoms with Crippen molar-refractivity contribution in [3.63, 3.8) is 0 Å². The van der Waals surface area contributed by atoms with Gasteiger partial charge in [-0.15, -0.1) is 11.8 Å². The van der Waals surface area contributed by atoms with Crippen LogP contribution in [0.15, 0.2) is 53.6 Å². The van der Waals surface area contributed by atoms with E-state index in [0.717, 1.165) is 21.8 Å². The molecule has 0 saturated heterocycles. The zero-order chi connectivity index (χ0) is 16.9. The fraction of sp³-hybridized carbons (Fsp3) is 0.176. The lowest BCUT2D eigenvalue weighted by atomic mass is 10.3. The highest BCUT2D eigenvalue weighted by Gasteiger charge is 2.13. The van der Waals surface area contributed by atoms with E-state index in [1.807, 2.05) is 31.2 Å². The third-order valence-electron chi connectivity index (χ3n) is 3.34. The number of ether oxygens (including phenoxy) is 1. The second-order valence-corrected chi connectivity index (χ2v) is 6.11. The Bertz CT molecular complexity index is 886. The van der Waals surface area contributed by atoms with Crippen LogP contribution in [0.2, 0.25) is 0 Å². The Morgan fingerprint density at radius 2 is 1.75 bits per heavy atom. The molecule has 3 rings (SSSR count). The molecule has 0 aliphatic heterocycles. The number of benzene rings is 2. The van der Waals surface area contributed by atoms with E-state index < -0.39 is 4.92 Å². The van der Waals surface area contributed by atoms with Crippen LogP contribution in [-0.4, -0.2) is 27.3 Å². The first-order valence-electron chi connectivity index (χ1n) is 7.37. The van der Waals surface area contributed by atoms with Crippen LogP contribution in [0.3, 0.4) is 0 Å². The predicted molar refractivity (Wildman–Crippen MR) is 93.6 cm³/mol. The van der Waals surface area contributed by atoms with Gasteiger partial charge in [0.25, 0.3) is 0 Å². The van der Waals surface area contributed by atoms with Crippen molar-refractivity contribution in [3.05, 3.63) is 64.3 Å². The number of aromatic nitrogens is 2. The Labute approximate surface area is 143 Å². The summed E-state index contributed by atoms with van der Waals surface area (Å²) in [5.74, 6) is 0.907. The molecule has 1 heterocycles. The van der Waals surface area contributed by atoms with Gasteiger partial charge in [-0.2, -0.15) is 0 Å². The summed E-state index contributed by atoms with van der Waals surface area (Å²) >= 11 is 1.53. The quantitative estimate of drug-likeness (QED) is 0.292. The molecule has 0 fully saturated rings. The maximum atomic E-state index is 10.9. The second-order valence-electron chi connectivity index (χ2n) is 5.02. The molecule has 0 saturated carbocycles. The molecule has 24 heavy (non-hydrogen) atoms. The van der Waals surface area contributed by atoms with Crippen LogP contribution in [0, 0.1) is 17.0 Å². The lowest BCUT2D eigenvalue weighted by Crippen LogP contribution is -2.03. The maximum absolute atomic E-state index is 10.9. The van der Waals surface area contributed by atoms with Crippen molar-refractivity contribution in [1.29, 1.82) is 0 Å². The van der Waals surface area contributed by atoms with Crippen LogP contribution in [0.1, 0.15) is 5.69 Å². The van der Waals surface area contributed by atoms with Crippen LogP contribution >= 0.6 is 11.8 Å². The molecule has 0 bridgehead atoms. The molecule has 0 aliphatic rings. The summed E-state index contributed by atoms with van der Waals surface area (Å²) in [6, 6.07) is 14.1. The van der Waals surface area contributed by atoms with Crippen molar-refractivity contribution in [2.75, 3.05) is 12.4 Å². The molecule has 7 heteroatoms. The Balaban J connectivity index is 1.63. The molecule has 2 aromatic carbocycles. The molecule has 0 N–H and O–H groups in total. The lowest BCUT2D eigenvalue weighted by Gasteiger charge is -2.08. The van der Waals surface area contributed by atoms with Crippen LogP contribution in [0.4, 0.5) is 5.69 Å². The monoisotopic (exact) mass is 341 g/mol. The van der Waals surface area contributed by atoms with E-state index in [2.05, 4.69) is 9.97 Å². The summed E-state index contributed by atoms with van der Waals surface area (Å²) in [6.07, 6.45) is 0. The lowest BCUT2D eigenvalue weighted by molar-refractivity contribution is -0.385. The molecule has 0 radical (unpaired) electrons. The number of aryl methyl sites for hydroxylation is 1. The van der Waals surface area contributed by atoms with Gasteiger partial charge in [-0.25, -0.2) is 9.97 Å². The highest BCUT2D eigenvalue weighted by atomic mass is 32.2. The number of thioether (sulfide) groups is 1. The van der Waals surface area contributed by atoms with E-state index in [1.54, 1.807) is 18.2 Å². The Morgan fingerprint density at radius 3 is 2.50 bits per heavy atom. The maximum Gasteiger partial charge on any atom is 0.310 e. The van der Waals surface area contributed by atoms with E-state index >= 15 is 0 Å². The Kier molecular flexibility index (Phi) is 4.90. The average Bonchev–Trinajstić information content (AvgIpc) is 2.59. The molecule has 0 atom stereocenters. The number of nitrogens with zero attached hydrogens (tertiary/aromatic N) is 3. The van der Waals surface area contributed by atoms with Crippen LogP contribution in [-0.2, 0) is 0 Å². The van der Waals surface area contributed by atoms with Gasteiger partial charge in [0.05, 0.1) is 28.3 Å². The summed E-state index contributed by atoms with van der Waals surface area (Å²) in [5, 5.41) is 11.8. The number of nitro groups is 1. The minimum absolute atomic E-state index is 0.0239. The molecule has 0 unspecified atom stereocenters. The van der Waals surface area contributed by atoms with Crippen LogP contribution in [0.25, 0.3) is 11.0 Å². The van der Waals surface area contributed by atoms with E-state index in [1.165, 1.54) is 17.8 Å². The average molecular weight is 341 g/mol. The molecule has 6 nitrogen and oxygen atoms in total. The van der Waals surface area contributed by atoms with Gasteiger partial charge in [-0.05, 0) is 25.1 Å². The minimum Gasteiger partial charge on any atom is -0.486 e. The first-order chi connectivity index (χ1) is 11.6. The van der Waals surface area contributed by atoms with Crippen molar-refractivity contribution >= 4 is 28.5 Å². The Morgan fingerprint density at radius 1 is 1.08 bits per heavy atom. The topological polar surface area (TPSA) is 78.2 Å². The third-order valence-corrected chi connectivity index (χ3v) is 4.37. The van der Waals surface area contributed by atoms with Crippen molar-refractivity contribution in [3.8, 4) is 5.75 Å². The van der Waals surface area contributed by atoms with E-state index in [-0.39, 0.29) is 11.4 Å². The summed E-state index contributed by atoms with van der Waals surface area (Å²) < 4.78 is 5.54. The SMILES string of the molecule is Cc1nc2ccccc2nc1SCCOc1ccccc1[N+](=O)[O-]. The molecule has 122 valence electrons. The molecule has 3 aromatic rings. The number of hydrogen-bond acceptors (Lipinski definition) is 6. The van der Waals surface area contributed by atoms with Crippen molar-refractivity contribution in [2.24, 2.45) is 0 Å². The van der Waals surface area contributed by atoms with Crippen molar-refractivity contribution < 1.29 is 9.66 Å². The molecular formula is C17H15N3O3S. The fourth-order valence-corrected chi connectivity index (χ4v) is 3.01. The van der Waals surface area contributed by atoms with Gasteiger partial charge in [0.1, 0.15) is 5.03 Å². The number of para-hydroxylation sites is 4. The molecule has 0 spiro atoms. The number of rotatable bonds is 6. The smallest absolute Gasteiger partial charge is 0.310 e. The van der Waals surface area contributed by atoms with Crippen molar-refractivity contribution in [1.82, 2.24) is 9.97 Å². The van der Waals surface area contributed by atoms with E-state index in [9.17, 15) is 10.1 Å². The molecule has 1 aromatic heterocycles. The molecular weight excluding hydrogens is 326 g/mol. The first-order valence-corrected chi connectivity index (χ1v) is 8.36. The van der Waals surface area contributed by atoms with Gasteiger partial charge in [-0.1, -0.05) is 24.3 Å². The largest absolute Gasteiger partial charge is 0.486 e. The zero-order valence-electron chi connectivity index (χ0n) is 13.0. The second kappa shape index (κ2) is 7.27. The van der Waals surface area contributed by atoms with Gasteiger partial charge >= 0.3 is 5.69 Å². The number of hydrogen-bond donors (Lipinski definition) is 0. The highest BCUT2D eigenvalue weighted by Crippen LogP contribution is 2.27. The van der Waals surface area contributed by atoms with E-state index in [0.29, 0.717) is 12.4 Å². The summed E-state index contributed by atoms with van der Waals surface area (Å²) in [6.45, 7) is 2.27. The summed E-state index contributed by atoms with van der Waals surface area (Å²) in [4.78, 5) is 19.6. The predicted octanol–water partition coefficient (Wildman–Crippen LogP) is 4.02. The van der Waals surface area contributed by atoms with Gasteiger partial charge in [0.15, 0.2) is 5.75 Å². The number of fused-ring (bicyclic) bond motifs is 1. The van der Waals surface area contributed by atoms with E-state index in [4.69, 9.17) is 4.74 Å². The number of nitro benzene ring substituents is 1. The van der Waals surface area contributed by atoms with Gasteiger partial charge in [0.2, 0.25) is 0 Å². The first kappa shape index (κ1) is 16.2. The minimum atomic E-state index is -0.443. The summed E-state index contributed by atoms with van der Waals surface area (Å²) in [7, 11) is 0. The standard InChI is InChI=1S/C17H15N3O3S/c1-12-17(19-14-7-3-2-6-13(14)18-12)24-11-10-23-16-9-5-4-8-15(16)20(21)22/h2-9H,10-11H2,1H3. The zero-order valence-corrected chi connectivity index (χ0v) is 13.8. The van der Waals surface area contributed by atoms with Gasteiger partial charge in [0, 0.05) is 11.8 Å². The molecule has 0 aliphatic carbocycles. The molecule has 0 amide bonds. The van der Waals surface area contributed by atoms with Crippen molar-refractivity contribution in [2.45, 2.75) is 11.9 Å². The normalized spacial score (nSPS) is 10.7.